The summed E-state index contributed by atoms with van der Waals surface area (Å²) in [7, 11) is 0. The molecule has 5 heteroatoms. The maximum Gasteiger partial charge on any atom is 0.349 e. The molecule has 25 heavy (non-hydrogen) atoms. The van der Waals surface area contributed by atoms with Crippen LogP contribution >= 0.6 is 0 Å². The molecule has 0 saturated carbocycles. The normalized spacial score (nSPS) is 19.5. The fraction of sp³-hybridized carbons (Fsp3) is 0.650. The Morgan fingerprint density at radius 3 is 2.44 bits per heavy atom. The van der Waals surface area contributed by atoms with Crippen LogP contribution in [-0.4, -0.2) is 30.3 Å². The zero-order valence-corrected chi connectivity index (χ0v) is 16.3. The van der Waals surface area contributed by atoms with Gasteiger partial charge in [0.2, 0.25) is 6.10 Å². The molecular formula is C20H32N2O3. The van der Waals surface area contributed by atoms with Gasteiger partial charge in [0.05, 0.1) is 6.04 Å². The Balaban J connectivity index is 2.33. The number of anilines is 1. The molecule has 1 saturated heterocycles. The van der Waals surface area contributed by atoms with Crippen molar-refractivity contribution in [3.63, 3.8) is 0 Å². The van der Waals surface area contributed by atoms with E-state index in [0.717, 1.165) is 24.9 Å². The molecule has 0 spiro atoms. The highest BCUT2D eigenvalue weighted by Gasteiger charge is 2.36. The van der Waals surface area contributed by atoms with Gasteiger partial charge in [-0.2, -0.15) is 0 Å². The van der Waals surface area contributed by atoms with Crippen LogP contribution in [0, 0.1) is 0 Å². The van der Waals surface area contributed by atoms with E-state index < -0.39 is 11.7 Å². The van der Waals surface area contributed by atoms with Crippen LogP contribution in [0.15, 0.2) is 18.2 Å². The van der Waals surface area contributed by atoms with Crippen LogP contribution < -0.4 is 15.8 Å². The molecule has 2 rings (SSSR count). The first kappa shape index (κ1) is 19.6. The number of hydrogen-bond acceptors (Lipinski definition) is 5. The van der Waals surface area contributed by atoms with Crippen LogP contribution in [-0.2, 0) is 14.9 Å². The fourth-order valence-corrected chi connectivity index (χ4v) is 3.02. The average Bonchev–Trinajstić information content (AvgIpc) is 2.95. The van der Waals surface area contributed by atoms with Crippen LogP contribution in [0.5, 0.6) is 5.75 Å². The third-order valence-electron chi connectivity index (χ3n) is 4.17. The van der Waals surface area contributed by atoms with E-state index in [-0.39, 0.29) is 17.4 Å². The largest absolute Gasteiger partial charge is 0.477 e. The molecule has 1 aromatic carbocycles. The number of carbonyl (C=O) groups excluding carboxylic acids is 1. The minimum absolute atomic E-state index is 0.0518. The van der Waals surface area contributed by atoms with E-state index in [1.165, 1.54) is 0 Å². The minimum Gasteiger partial charge on any atom is -0.477 e. The maximum absolute atomic E-state index is 12.8. The van der Waals surface area contributed by atoms with E-state index in [4.69, 9.17) is 15.2 Å². The first-order valence-corrected chi connectivity index (χ1v) is 9.00. The van der Waals surface area contributed by atoms with Crippen molar-refractivity contribution in [1.82, 2.24) is 5.32 Å². The first-order chi connectivity index (χ1) is 11.5. The summed E-state index contributed by atoms with van der Waals surface area (Å²) < 4.78 is 11.8. The number of benzene rings is 1. The maximum atomic E-state index is 12.8. The highest BCUT2D eigenvalue weighted by Crippen LogP contribution is 2.34. The summed E-state index contributed by atoms with van der Waals surface area (Å²) in [5.74, 6) is 0.311. The van der Waals surface area contributed by atoms with Crippen molar-refractivity contribution < 1.29 is 14.3 Å². The van der Waals surface area contributed by atoms with E-state index in [2.05, 4.69) is 26.1 Å². The highest BCUT2D eigenvalue weighted by atomic mass is 16.6. The van der Waals surface area contributed by atoms with Gasteiger partial charge >= 0.3 is 5.97 Å². The Morgan fingerprint density at radius 1 is 1.24 bits per heavy atom. The quantitative estimate of drug-likeness (QED) is 0.644. The number of esters is 1. The number of ether oxygens (including phenoxy) is 2. The molecule has 0 aliphatic carbocycles. The molecule has 3 N–H and O–H groups in total. The minimum atomic E-state index is -0.690. The molecule has 1 aromatic rings. The van der Waals surface area contributed by atoms with E-state index in [9.17, 15) is 4.79 Å². The molecular weight excluding hydrogens is 316 g/mol. The monoisotopic (exact) mass is 348 g/mol. The Morgan fingerprint density at radius 2 is 1.92 bits per heavy atom. The average molecular weight is 348 g/mol. The lowest BCUT2D eigenvalue weighted by atomic mass is 9.86. The van der Waals surface area contributed by atoms with Gasteiger partial charge < -0.3 is 20.5 Å². The second-order valence-corrected chi connectivity index (χ2v) is 8.78. The van der Waals surface area contributed by atoms with Crippen molar-refractivity contribution in [2.75, 3.05) is 12.3 Å². The molecule has 5 nitrogen and oxygen atoms in total. The smallest absolute Gasteiger partial charge is 0.349 e. The number of hydrogen-bond donors (Lipinski definition) is 2. The molecule has 1 aliphatic rings. The number of carbonyl (C=O) groups is 1. The van der Waals surface area contributed by atoms with Gasteiger partial charge in [-0.15, -0.1) is 0 Å². The van der Waals surface area contributed by atoms with Crippen molar-refractivity contribution in [2.24, 2.45) is 0 Å². The van der Waals surface area contributed by atoms with Gasteiger partial charge in [0.25, 0.3) is 0 Å². The number of nitrogens with one attached hydrogen (secondary N) is 1. The van der Waals surface area contributed by atoms with Gasteiger partial charge in [-0.25, -0.2) is 4.79 Å². The molecule has 1 fully saturated rings. The SMILES string of the molecule is CC(C)(C)OC(=O)C(Oc1cc(N)ccc1C(C)(C)C)C1CCCN1. The summed E-state index contributed by atoms with van der Waals surface area (Å²) >= 11 is 0. The van der Waals surface area contributed by atoms with Crippen LogP contribution in [0.3, 0.4) is 0 Å². The van der Waals surface area contributed by atoms with Crippen molar-refractivity contribution in [1.29, 1.82) is 0 Å². The summed E-state index contributed by atoms with van der Waals surface area (Å²) in [6.07, 6.45) is 1.22. The Kier molecular flexibility index (Phi) is 5.67. The van der Waals surface area contributed by atoms with Crippen molar-refractivity contribution in [2.45, 2.75) is 77.5 Å². The van der Waals surface area contributed by atoms with E-state index in [1.807, 2.05) is 32.9 Å². The summed E-state index contributed by atoms with van der Waals surface area (Å²) in [5, 5.41) is 3.36. The van der Waals surface area contributed by atoms with Crippen molar-refractivity contribution in [3.05, 3.63) is 23.8 Å². The van der Waals surface area contributed by atoms with Gasteiger partial charge in [-0.3, -0.25) is 0 Å². The molecule has 0 radical (unpaired) electrons. The fourth-order valence-electron chi connectivity index (χ4n) is 3.02. The summed E-state index contributed by atoms with van der Waals surface area (Å²) in [4.78, 5) is 12.8. The molecule has 2 atom stereocenters. The van der Waals surface area contributed by atoms with E-state index in [0.29, 0.717) is 11.4 Å². The second kappa shape index (κ2) is 7.24. The second-order valence-electron chi connectivity index (χ2n) is 8.78. The first-order valence-electron chi connectivity index (χ1n) is 9.00. The molecule has 1 aliphatic heterocycles. The van der Waals surface area contributed by atoms with Gasteiger partial charge in [0, 0.05) is 11.8 Å². The molecule has 2 unspecified atom stereocenters. The molecule has 0 bridgehead atoms. The molecule has 140 valence electrons. The zero-order chi connectivity index (χ0) is 18.8. The van der Waals surface area contributed by atoms with Crippen molar-refractivity contribution >= 4 is 11.7 Å². The van der Waals surface area contributed by atoms with Gasteiger partial charge in [0.1, 0.15) is 11.4 Å². The predicted octanol–water partition coefficient (Wildman–Crippen LogP) is 3.41. The summed E-state index contributed by atoms with van der Waals surface area (Å²) in [6.45, 7) is 12.8. The lowest BCUT2D eigenvalue weighted by molar-refractivity contribution is -0.164. The van der Waals surface area contributed by atoms with E-state index >= 15 is 0 Å². The number of rotatable bonds is 4. The topological polar surface area (TPSA) is 73.6 Å². The Hall–Kier alpha value is -1.75. The third-order valence-corrected chi connectivity index (χ3v) is 4.17. The van der Waals surface area contributed by atoms with Gasteiger partial charge in [0.15, 0.2) is 0 Å². The Labute approximate surface area is 151 Å². The molecule has 0 amide bonds. The summed E-state index contributed by atoms with van der Waals surface area (Å²) in [6, 6.07) is 5.58. The van der Waals surface area contributed by atoms with Crippen LogP contribution in [0.2, 0.25) is 0 Å². The lowest BCUT2D eigenvalue weighted by Gasteiger charge is -2.30. The lowest BCUT2D eigenvalue weighted by Crippen LogP contribution is -2.47. The van der Waals surface area contributed by atoms with Crippen LogP contribution in [0.25, 0.3) is 0 Å². The number of nitrogen functional groups attached to an aromatic ring is 1. The van der Waals surface area contributed by atoms with Crippen LogP contribution in [0.1, 0.15) is 59.9 Å². The molecule has 1 heterocycles. The number of nitrogens with two attached hydrogens (primary N) is 1. The van der Waals surface area contributed by atoms with Crippen molar-refractivity contribution in [3.8, 4) is 5.75 Å². The highest BCUT2D eigenvalue weighted by molar-refractivity contribution is 5.77. The van der Waals surface area contributed by atoms with Crippen LogP contribution in [0.4, 0.5) is 5.69 Å². The Bertz CT molecular complexity index is 608. The predicted molar refractivity (Wildman–Crippen MR) is 101 cm³/mol. The van der Waals surface area contributed by atoms with Gasteiger partial charge in [-0.05, 0) is 57.2 Å². The van der Waals surface area contributed by atoms with Gasteiger partial charge in [-0.1, -0.05) is 26.8 Å². The standard InChI is InChI=1S/C20H32N2O3/c1-19(2,3)14-10-9-13(21)12-16(14)24-17(15-8-7-11-22-15)18(23)25-20(4,5)6/h9-10,12,15,17,22H,7-8,11,21H2,1-6H3. The zero-order valence-electron chi connectivity index (χ0n) is 16.3. The molecule has 0 aromatic heterocycles. The van der Waals surface area contributed by atoms with E-state index in [1.54, 1.807) is 6.07 Å². The summed E-state index contributed by atoms with van der Waals surface area (Å²) in [5.41, 5.74) is 6.93. The third kappa shape index (κ3) is 5.36.